The van der Waals surface area contributed by atoms with Gasteiger partial charge in [0.05, 0.1) is 6.61 Å². The number of carbonyl (C=O) groups excluding carboxylic acids is 1. The van der Waals surface area contributed by atoms with Crippen molar-refractivity contribution in [1.29, 1.82) is 0 Å². The van der Waals surface area contributed by atoms with Crippen molar-refractivity contribution >= 4 is 5.97 Å². The lowest BCUT2D eigenvalue weighted by molar-refractivity contribution is -0.199. The van der Waals surface area contributed by atoms with Crippen LogP contribution in [0.4, 0.5) is 0 Å². The molecule has 1 spiro atoms. The van der Waals surface area contributed by atoms with Gasteiger partial charge in [-0.25, -0.2) is 4.79 Å². The highest BCUT2D eigenvalue weighted by atomic mass is 16.7. The van der Waals surface area contributed by atoms with Crippen molar-refractivity contribution in [2.75, 3.05) is 13.7 Å². The maximum absolute atomic E-state index is 11.4. The Labute approximate surface area is 84.1 Å². The number of hydrogen-bond acceptors (Lipinski definition) is 4. The maximum Gasteiger partial charge on any atom is 0.337 e. The smallest absolute Gasteiger partial charge is 0.337 e. The Morgan fingerprint density at radius 1 is 1.64 bits per heavy atom. The van der Waals surface area contributed by atoms with Gasteiger partial charge in [0.1, 0.15) is 0 Å². The summed E-state index contributed by atoms with van der Waals surface area (Å²) in [4.78, 5) is 16.9. The highest BCUT2D eigenvalue weighted by Gasteiger charge is 2.51. The standard InChI is InChI=1S/C10H17NO3/c1-3-13-9(12)8-7-10(5-4-6-10)11(2)14-8/h8H,3-7H2,1-2H3. The Bertz CT molecular complexity index is 238. The zero-order chi connectivity index (χ0) is 10.2. The molecule has 1 atom stereocenters. The highest BCUT2D eigenvalue weighted by molar-refractivity contribution is 5.75. The molecule has 0 aromatic carbocycles. The van der Waals surface area contributed by atoms with Gasteiger partial charge in [-0.05, 0) is 26.2 Å². The lowest BCUT2D eigenvalue weighted by atomic mass is 9.74. The van der Waals surface area contributed by atoms with E-state index in [2.05, 4.69) is 0 Å². The number of nitrogens with zero attached hydrogens (tertiary/aromatic N) is 1. The molecule has 2 rings (SSSR count). The predicted molar refractivity (Wildman–Crippen MR) is 50.5 cm³/mol. The van der Waals surface area contributed by atoms with Crippen LogP contribution in [0.25, 0.3) is 0 Å². The van der Waals surface area contributed by atoms with Crippen LogP contribution >= 0.6 is 0 Å². The summed E-state index contributed by atoms with van der Waals surface area (Å²) < 4.78 is 4.95. The minimum atomic E-state index is -0.375. The molecule has 1 unspecified atom stereocenters. The number of ether oxygens (including phenoxy) is 1. The van der Waals surface area contributed by atoms with E-state index in [9.17, 15) is 4.79 Å². The summed E-state index contributed by atoms with van der Waals surface area (Å²) in [5, 5.41) is 1.86. The molecule has 2 fully saturated rings. The van der Waals surface area contributed by atoms with Crippen LogP contribution in [0.1, 0.15) is 32.6 Å². The van der Waals surface area contributed by atoms with E-state index in [0.29, 0.717) is 6.61 Å². The molecule has 1 aliphatic heterocycles. The van der Waals surface area contributed by atoms with Crippen LogP contribution in [0, 0.1) is 0 Å². The number of carbonyl (C=O) groups is 1. The maximum atomic E-state index is 11.4. The van der Waals surface area contributed by atoms with Gasteiger partial charge in [-0.1, -0.05) is 0 Å². The third kappa shape index (κ3) is 1.42. The van der Waals surface area contributed by atoms with Crippen molar-refractivity contribution in [1.82, 2.24) is 5.06 Å². The zero-order valence-electron chi connectivity index (χ0n) is 8.78. The van der Waals surface area contributed by atoms with Crippen LogP contribution < -0.4 is 0 Å². The monoisotopic (exact) mass is 199 g/mol. The van der Waals surface area contributed by atoms with Gasteiger partial charge in [0, 0.05) is 19.0 Å². The first-order chi connectivity index (χ1) is 6.68. The molecule has 0 N–H and O–H groups in total. The minimum absolute atomic E-state index is 0.136. The normalized spacial score (nSPS) is 30.3. The Kier molecular flexibility index (Phi) is 2.49. The van der Waals surface area contributed by atoms with Crippen molar-refractivity contribution in [2.24, 2.45) is 0 Å². The zero-order valence-corrected chi connectivity index (χ0v) is 8.78. The van der Waals surface area contributed by atoms with Gasteiger partial charge in [0.2, 0.25) is 0 Å². The topological polar surface area (TPSA) is 38.8 Å². The average molecular weight is 199 g/mol. The number of hydrogen-bond donors (Lipinski definition) is 0. The Hall–Kier alpha value is -0.610. The molecule has 80 valence electrons. The van der Waals surface area contributed by atoms with Crippen LogP contribution in [-0.2, 0) is 14.4 Å². The Balaban J connectivity index is 1.95. The van der Waals surface area contributed by atoms with Crippen molar-refractivity contribution in [3.63, 3.8) is 0 Å². The quantitative estimate of drug-likeness (QED) is 0.624. The van der Waals surface area contributed by atoms with Crippen molar-refractivity contribution in [2.45, 2.75) is 44.2 Å². The van der Waals surface area contributed by atoms with Gasteiger partial charge in [-0.15, -0.1) is 0 Å². The minimum Gasteiger partial charge on any atom is -0.464 e. The largest absolute Gasteiger partial charge is 0.464 e. The first-order valence-electron chi connectivity index (χ1n) is 5.25. The van der Waals surface area contributed by atoms with Crippen molar-refractivity contribution < 1.29 is 14.4 Å². The number of esters is 1. The molecule has 2 aliphatic rings. The summed E-state index contributed by atoms with van der Waals surface area (Å²) in [6.07, 6.45) is 3.94. The van der Waals surface area contributed by atoms with Gasteiger partial charge >= 0.3 is 5.97 Å². The summed E-state index contributed by atoms with van der Waals surface area (Å²) in [6, 6.07) is 0. The molecule has 1 saturated carbocycles. The first kappa shape index (κ1) is 9.93. The fourth-order valence-electron chi connectivity index (χ4n) is 2.28. The van der Waals surface area contributed by atoms with E-state index < -0.39 is 0 Å². The summed E-state index contributed by atoms with van der Waals surface area (Å²) in [7, 11) is 1.92. The molecule has 0 radical (unpaired) electrons. The molecule has 0 aromatic rings. The summed E-state index contributed by atoms with van der Waals surface area (Å²) in [5.41, 5.74) is 0.136. The molecule has 0 bridgehead atoms. The lowest BCUT2D eigenvalue weighted by Gasteiger charge is -2.41. The molecule has 0 amide bonds. The van der Waals surface area contributed by atoms with Crippen LogP contribution in [0.15, 0.2) is 0 Å². The SMILES string of the molecule is CCOC(=O)C1CC2(CCC2)N(C)O1. The van der Waals surface area contributed by atoms with E-state index in [1.54, 1.807) is 0 Å². The van der Waals surface area contributed by atoms with Gasteiger partial charge in [-0.3, -0.25) is 4.84 Å². The van der Waals surface area contributed by atoms with E-state index in [1.807, 2.05) is 19.0 Å². The molecular weight excluding hydrogens is 182 g/mol. The average Bonchev–Trinajstić information content (AvgIpc) is 2.43. The van der Waals surface area contributed by atoms with Crippen molar-refractivity contribution in [3.8, 4) is 0 Å². The second kappa shape index (κ2) is 3.51. The number of hydroxylamine groups is 2. The molecule has 1 heterocycles. The molecule has 0 aromatic heterocycles. The van der Waals surface area contributed by atoms with E-state index in [4.69, 9.17) is 9.57 Å². The van der Waals surface area contributed by atoms with E-state index in [1.165, 1.54) is 6.42 Å². The fraction of sp³-hybridized carbons (Fsp3) is 0.900. The van der Waals surface area contributed by atoms with Crippen LogP contribution in [0.3, 0.4) is 0 Å². The van der Waals surface area contributed by atoms with Gasteiger partial charge in [0.15, 0.2) is 6.10 Å². The Morgan fingerprint density at radius 2 is 2.36 bits per heavy atom. The van der Waals surface area contributed by atoms with Crippen LogP contribution in [0.2, 0.25) is 0 Å². The van der Waals surface area contributed by atoms with Gasteiger partial charge in [-0.2, -0.15) is 5.06 Å². The van der Waals surface area contributed by atoms with Crippen LogP contribution in [0.5, 0.6) is 0 Å². The van der Waals surface area contributed by atoms with Crippen molar-refractivity contribution in [3.05, 3.63) is 0 Å². The third-order valence-electron chi connectivity index (χ3n) is 3.35. The molecule has 1 saturated heterocycles. The second-order valence-electron chi connectivity index (χ2n) is 4.13. The van der Waals surface area contributed by atoms with E-state index in [-0.39, 0.29) is 17.6 Å². The van der Waals surface area contributed by atoms with Crippen LogP contribution in [-0.4, -0.2) is 36.3 Å². The van der Waals surface area contributed by atoms with E-state index >= 15 is 0 Å². The lowest BCUT2D eigenvalue weighted by Crippen LogP contribution is -2.46. The van der Waals surface area contributed by atoms with Gasteiger partial charge < -0.3 is 4.74 Å². The second-order valence-corrected chi connectivity index (χ2v) is 4.13. The third-order valence-corrected chi connectivity index (χ3v) is 3.35. The fourth-order valence-corrected chi connectivity index (χ4v) is 2.28. The predicted octanol–water partition coefficient (Wildman–Crippen LogP) is 1.11. The highest BCUT2D eigenvalue weighted by Crippen LogP contribution is 2.45. The molecule has 1 aliphatic carbocycles. The first-order valence-corrected chi connectivity index (χ1v) is 5.25. The summed E-state index contributed by atoms with van der Waals surface area (Å²) in [6.45, 7) is 2.24. The summed E-state index contributed by atoms with van der Waals surface area (Å²) in [5.74, 6) is -0.219. The van der Waals surface area contributed by atoms with E-state index in [0.717, 1.165) is 19.3 Å². The Morgan fingerprint density at radius 3 is 2.79 bits per heavy atom. The molecule has 14 heavy (non-hydrogen) atoms. The van der Waals surface area contributed by atoms with Gasteiger partial charge in [0.25, 0.3) is 0 Å². The summed E-state index contributed by atoms with van der Waals surface area (Å²) >= 11 is 0. The molecule has 4 nitrogen and oxygen atoms in total. The molecule has 4 heteroatoms. The molecular formula is C10H17NO3. The number of rotatable bonds is 2.